The van der Waals surface area contributed by atoms with E-state index in [1.807, 2.05) is 0 Å². The molecule has 0 unspecified atom stereocenters. The molecule has 2 aliphatic rings. The van der Waals surface area contributed by atoms with Gasteiger partial charge in [-0.25, -0.2) is 0 Å². The van der Waals surface area contributed by atoms with Gasteiger partial charge in [0.1, 0.15) is 0 Å². The number of hydrogen-bond acceptors (Lipinski definition) is 2. The van der Waals surface area contributed by atoms with Gasteiger partial charge < -0.3 is 9.80 Å². The van der Waals surface area contributed by atoms with Crippen molar-refractivity contribution < 1.29 is 0 Å². The lowest BCUT2D eigenvalue weighted by Gasteiger charge is -2.45. The maximum atomic E-state index is 2.62. The average Bonchev–Trinajstić information content (AvgIpc) is 3.17. The SMILES string of the molecule is Cc1cc2c3c(c1)N(c1c(-c4ccccc4)cccc1-c1ccccc1)c1cc(C(C)(C)C)ccc1B3c1ccc(C(C)(C)C)cc1N2c1ccccc1. The second-order valence-electron chi connectivity index (χ2n) is 17.1. The van der Waals surface area contributed by atoms with Crippen molar-refractivity contribution in [2.75, 3.05) is 9.80 Å². The Labute approximate surface area is 321 Å². The van der Waals surface area contributed by atoms with Gasteiger partial charge in [-0.3, -0.25) is 0 Å². The molecular weight excluding hydrogens is 651 g/mol. The summed E-state index contributed by atoms with van der Waals surface area (Å²) in [5.74, 6) is 0. The Morgan fingerprint density at radius 1 is 0.426 bits per heavy atom. The Bertz CT molecular complexity index is 2470. The van der Waals surface area contributed by atoms with Gasteiger partial charge in [-0.2, -0.15) is 0 Å². The normalized spacial score (nSPS) is 13.4. The molecule has 0 aromatic heterocycles. The smallest absolute Gasteiger partial charge is 0.252 e. The molecule has 0 atom stereocenters. The van der Waals surface area contributed by atoms with Crippen molar-refractivity contribution in [2.45, 2.75) is 59.3 Å². The highest BCUT2D eigenvalue weighted by atomic mass is 15.2. The van der Waals surface area contributed by atoms with Crippen LogP contribution in [0.2, 0.25) is 0 Å². The van der Waals surface area contributed by atoms with E-state index in [1.165, 1.54) is 89.5 Å². The highest BCUT2D eigenvalue weighted by Crippen LogP contribution is 2.50. The van der Waals surface area contributed by atoms with Crippen LogP contribution in [0.4, 0.5) is 34.1 Å². The molecule has 2 heterocycles. The van der Waals surface area contributed by atoms with Crippen LogP contribution in [-0.2, 0) is 10.8 Å². The van der Waals surface area contributed by atoms with Crippen molar-refractivity contribution in [3.05, 3.63) is 174 Å². The van der Waals surface area contributed by atoms with Crippen LogP contribution in [0.3, 0.4) is 0 Å². The number of benzene rings is 7. The third-order valence-corrected chi connectivity index (χ3v) is 11.4. The number of anilines is 6. The average molecular weight is 699 g/mol. The zero-order valence-electron chi connectivity index (χ0n) is 32.5. The first-order chi connectivity index (χ1) is 26.0. The predicted molar refractivity (Wildman–Crippen MR) is 233 cm³/mol. The van der Waals surface area contributed by atoms with E-state index in [-0.39, 0.29) is 17.5 Å². The van der Waals surface area contributed by atoms with Crippen molar-refractivity contribution in [1.82, 2.24) is 0 Å². The third-order valence-electron chi connectivity index (χ3n) is 11.4. The Hall–Kier alpha value is -5.80. The van der Waals surface area contributed by atoms with Gasteiger partial charge in [-0.1, -0.05) is 163 Å². The molecule has 9 rings (SSSR count). The van der Waals surface area contributed by atoms with Gasteiger partial charge in [0.25, 0.3) is 6.71 Å². The predicted octanol–water partition coefficient (Wildman–Crippen LogP) is 12.0. The van der Waals surface area contributed by atoms with Crippen LogP contribution in [0, 0.1) is 6.92 Å². The molecule has 264 valence electrons. The molecule has 2 nitrogen and oxygen atoms in total. The van der Waals surface area contributed by atoms with E-state index >= 15 is 0 Å². The Kier molecular flexibility index (Phi) is 7.97. The molecule has 0 saturated heterocycles. The Morgan fingerprint density at radius 3 is 1.35 bits per heavy atom. The van der Waals surface area contributed by atoms with Gasteiger partial charge in [-0.15, -0.1) is 0 Å². The van der Waals surface area contributed by atoms with Gasteiger partial charge in [0.2, 0.25) is 0 Å². The number of aryl methyl sites for hydroxylation is 1. The lowest BCUT2D eigenvalue weighted by atomic mass is 9.33. The molecule has 2 aliphatic heterocycles. The summed E-state index contributed by atoms with van der Waals surface area (Å²) in [5, 5.41) is 0. The molecule has 7 aromatic rings. The summed E-state index contributed by atoms with van der Waals surface area (Å²) in [6.45, 7) is 16.2. The van der Waals surface area contributed by atoms with Crippen LogP contribution < -0.4 is 26.2 Å². The molecule has 0 radical (unpaired) electrons. The Morgan fingerprint density at radius 2 is 0.870 bits per heavy atom. The van der Waals surface area contributed by atoms with Crippen LogP contribution >= 0.6 is 0 Å². The van der Waals surface area contributed by atoms with Gasteiger partial charge in [-0.05, 0) is 98.4 Å². The highest BCUT2D eigenvalue weighted by molar-refractivity contribution is 7.00. The molecule has 0 N–H and O–H groups in total. The van der Waals surface area contributed by atoms with Crippen molar-refractivity contribution in [3.8, 4) is 22.3 Å². The van der Waals surface area contributed by atoms with Crippen molar-refractivity contribution >= 4 is 57.2 Å². The first kappa shape index (κ1) is 34.0. The molecule has 3 heteroatoms. The summed E-state index contributed by atoms with van der Waals surface area (Å²) in [5.41, 5.74) is 20.1. The van der Waals surface area contributed by atoms with Crippen molar-refractivity contribution in [3.63, 3.8) is 0 Å². The van der Waals surface area contributed by atoms with Crippen LogP contribution in [0.25, 0.3) is 22.3 Å². The number of hydrogen-bond donors (Lipinski definition) is 0. The molecule has 0 bridgehead atoms. The van der Waals surface area contributed by atoms with Gasteiger partial charge in [0.15, 0.2) is 0 Å². The largest absolute Gasteiger partial charge is 0.311 e. The monoisotopic (exact) mass is 698 g/mol. The number of fused-ring (bicyclic) bond motifs is 4. The number of rotatable bonds is 4. The van der Waals surface area contributed by atoms with E-state index in [9.17, 15) is 0 Å². The second-order valence-corrected chi connectivity index (χ2v) is 17.1. The topological polar surface area (TPSA) is 6.48 Å². The zero-order valence-corrected chi connectivity index (χ0v) is 32.5. The lowest BCUT2D eigenvalue weighted by Crippen LogP contribution is -2.61. The summed E-state index contributed by atoms with van der Waals surface area (Å²) >= 11 is 0. The van der Waals surface area contributed by atoms with Crippen LogP contribution in [0.1, 0.15) is 58.2 Å². The van der Waals surface area contributed by atoms with Crippen LogP contribution in [0.5, 0.6) is 0 Å². The molecule has 54 heavy (non-hydrogen) atoms. The van der Waals surface area contributed by atoms with Gasteiger partial charge >= 0.3 is 0 Å². The molecule has 7 aromatic carbocycles. The Balaban J connectivity index is 1.43. The summed E-state index contributed by atoms with van der Waals surface area (Å²) in [6.07, 6.45) is 0. The minimum Gasteiger partial charge on any atom is -0.311 e. The quantitative estimate of drug-likeness (QED) is 0.169. The molecule has 0 spiro atoms. The van der Waals surface area contributed by atoms with Crippen molar-refractivity contribution in [1.29, 1.82) is 0 Å². The first-order valence-electron chi connectivity index (χ1n) is 19.3. The van der Waals surface area contributed by atoms with Gasteiger partial charge in [0.05, 0.1) is 5.69 Å². The third kappa shape index (κ3) is 5.57. The maximum Gasteiger partial charge on any atom is 0.252 e. The minimum absolute atomic E-state index is 0.00724. The molecule has 0 amide bonds. The molecular formula is C51H47BN2. The van der Waals surface area contributed by atoms with E-state index in [0.29, 0.717) is 0 Å². The van der Waals surface area contributed by atoms with E-state index in [4.69, 9.17) is 0 Å². The first-order valence-corrected chi connectivity index (χ1v) is 19.3. The van der Waals surface area contributed by atoms with Crippen molar-refractivity contribution in [2.24, 2.45) is 0 Å². The number of nitrogens with zero attached hydrogens (tertiary/aromatic N) is 2. The highest BCUT2D eigenvalue weighted by Gasteiger charge is 2.44. The summed E-state index contributed by atoms with van der Waals surface area (Å²) in [7, 11) is 0. The maximum absolute atomic E-state index is 2.62. The zero-order chi connectivity index (χ0) is 37.4. The minimum atomic E-state index is -0.0316. The number of para-hydroxylation sites is 2. The molecule has 0 saturated carbocycles. The lowest BCUT2D eigenvalue weighted by molar-refractivity contribution is 0.590. The molecule has 0 fully saturated rings. The summed E-state index contributed by atoms with van der Waals surface area (Å²) in [4.78, 5) is 5.15. The summed E-state index contributed by atoms with van der Waals surface area (Å²) in [6, 6.07) is 59.0. The fourth-order valence-corrected chi connectivity index (χ4v) is 8.64. The fraction of sp³-hybridized carbons (Fsp3) is 0.176. The second kappa shape index (κ2) is 12.7. The fourth-order valence-electron chi connectivity index (χ4n) is 8.64. The molecule has 0 aliphatic carbocycles. The van der Waals surface area contributed by atoms with E-state index in [2.05, 4.69) is 216 Å². The van der Waals surface area contributed by atoms with Gasteiger partial charge in [0, 0.05) is 39.6 Å². The van der Waals surface area contributed by atoms with E-state index < -0.39 is 0 Å². The summed E-state index contributed by atoms with van der Waals surface area (Å²) < 4.78 is 0. The van der Waals surface area contributed by atoms with Crippen LogP contribution in [0.15, 0.2) is 158 Å². The van der Waals surface area contributed by atoms with E-state index in [1.54, 1.807) is 0 Å². The van der Waals surface area contributed by atoms with E-state index in [0.717, 1.165) is 0 Å². The van der Waals surface area contributed by atoms with Crippen LogP contribution in [-0.4, -0.2) is 6.71 Å². The standard InChI is InChI=1S/C51H47BN2/c1-34-30-46-48-47(31-34)54(49-40(35-18-11-8-12-19-35)24-17-25-41(49)36-20-13-9-14-21-36)45-33-38(51(5,6)7)27-29-43(45)52(48)42-28-26-37(50(2,3)4)32-44(42)53(46)39-22-15-10-16-23-39/h8-33H,1-7H3.